The fourth-order valence-electron chi connectivity index (χ4n) is 1.41. The van der Waals surface area contributed by atoms with Gasteiger partial charge < -0.3 is 15.7 Å². The van der Waals surface area contributed by atoms with E-state index in [9.17, 15) is 9.59 Å². The summed E-state index contributed by atoms with van der Waals surface area (Å²) in [6, 6.07) is 2.98. The SMILES string of the molecule is CC(C)[C@H](NC(=O)Nc1cc(Cl)ccc1Cl)C(=O)O. The minimum absolute atomic E-state index is 0.238. The number of nitrogens with one attached hydrogen (secondary N) is 2. The molecule has 104 valence electrons. The monoisotopic (exact) mass is 304 g/mol. The van der Waals surface area contributed by atoms with Gasteiger partial charge in [-0.15, -0.1) is 0 Å². The van der Waals surface area contributed by atoms with Crippen molar-refractivity contribution < 1.29 is 14.7 Å². The quantitative estimate of drug-likeness (QED) is 0.799. The van der Waals surface area contributed by atoms with Crippen LogP contribution in [0.15, 0.2) is 18.2 Å². The van der Waals surface area contributed by atoms with Crippen LogP contribution in [0.1, 0.15) is 13.8 Å². The molecule has 1 atom stereocenters. The Kier molecular flexibility index (Phi) is 5.44. The van der Waals surface area contributed by atoms with E-state index in [0.29, 0.717) is 15.7 Å². The topological polar surface area (TPSA) is 78.4 Å². The van der Waals surface area contributed by atoms with E-state index in [4.69, 9.17) is 28.3 Å². The van der Waals surface area contributed by atoms with Crippen LogP contribution in [0.25, 0.3) is 0 Å². The van der Waals surface area contributed by atoms with Gasteiger partial charge in [0.15, 0.2) is 0 Å². The largest absolute Gasteiger partial charge is 0.480 e. The first kappa shape index (κ1) is 15.6. The van der Waals surface area contributed by atoms with Crippen LogP contribution in [-0.2, 0) is 4.79 Å². The lowest BCUT2D eigenvalue weighted by Crippen LogP contribution is -2.46. The van der Waals surface area contributed by atoms with Crippen molar-refractivity contribution in [3.8, 4) is 0 Å². The van der Waals surface area contributed by atoms with Gasteiger partial charge in [0, 0.05) is 5.02 Å². The second-order valence-corrected chi connectivity index (χ2v) is 5.13. The molecule has 0 spiro atoms. The van der Waals surface area contributed by atoms with Crippen molar-refractivity contribution in [2.45, 2.75) is 19.9 Å². The van der Waals surface area contributed by atoms with E-state index in [1.54, 1.807) is 19.9 Å². The average Bonchev–Trinajstić information content (AvgIpc) is 2.30. The van der Waals surface area contributed by atoms with Gasteiger partial charge in [0.05, 0.1) is 10.7 Å². The van der Waals surface area contributed by atoms with Gasteiger partial charge >= 0.3 is 12.0 Å². The van der Waals surface area contributed by atoms with E-state index in [-0.39, 0.29) is 5.92 Å². The van der Waals surface area contributed by atoms with E-state index in [2.05, 4.69) is 10.6 Å². The Morgan fingerprint density at radius 1 is 1.26 bits per heavy atom. The number of carboxylic acids is 1. The molecule has 0 aliphatic carbocycles. The molecule has 0 radical (unpaired) electrons. The molecule has 7 heteroatoms. The number of amides is 2. The van der Waals surface area contributed by atoms with Gasteiger partial charge in [-0.05, 0) is 24.1 Å². The molecule has 0 aliphatic rings. The van der Waals surface area contributed by atoms with E-state index < -0.39 is 18.0 Å². The van der Waals surface area contributed by atoms with Crippen molar-refractivity contribution in [2.24, 2.45) is 5.92 Å². The van der Waals surface area contributed by atoms with Crippen molar-refractivity contribution >= 4 is 40.9 Å². The minimum atomic E-state index is -1.10. The number of carbonyl (C=O) groups excluding carboxylic acids is 1. The van der Waals surface area contributed by atoms with Gasteiger partial charge in [0.1, 0.15) is 6.04 Å². The maximum absolute atomic E-state index is 11.7. The maximum atomic E-state index is 11.7. The van der Waals surface area contributed by atoms with Crippen LogP contribution >= 0.6 is 23.2 Å². The molecule has 0 saturated heterocycles. The first-order chi connectivity index (χ1) is 8.81. The summed E-state index contributed by atoms with van der Waals surface area (Å²) >= 11 is 11.7. The van der Waals surface area contributed by atoms with E-state index in [1.165, 1.54) is 12.1 Å². The third-order valence-electron chi connectivity index (χ3n) is 2.40. The molecule has 0 unspecified atom stereocenters. The zero-order valence-electron chi connectivity index (χ0n) is 10.4. The van der Waals surface area contributed by atoms with Crippen molar-refractivity contribution in [3.05, 3.63) is 28.2 Å². The number of aliphatic carboxylic acids is 1. The van der Waals surface area contributed by atoms with Crippen LogP contribution < -0.4 is 10.6 Å². The number of carboxylic acid groups (broad SMARTS) is 1. The van der Waals surface area contributed by atoms with Crippen molar-refractivity contribution in [1.29, 1.82) is 0 Å². The smallest absolute Gasteiger partial charge is 0.326 e. The average molecular weight is 305 g/mol. The van der Waals surface area contributed by atoms with Crippen LogP contribution in [0.4, 0.5) is 10.5 Å². The summed E-state index contributed by atoms with van der Waals surface area (Å²) in [5.74, 6) is -1.33. The molecule has 1 aromatic carbocycles. The number of urea groups is 1. The molecular formula is C12H14Cl2N2O3. The second-order valence-electron chi connectivity index (χ2n) is 4.28. The fourth-order valence-corrected chi connectivity index (χ4v) is 1.74. The summed E-state index contributed by atoms with van der Waals surface area (Å²) in [6.45, 7) is 3.40. The number of hydrogen-bond donors (Lipinski definition) is 3. The van der Waals surface area contributed by atoms with Crippen LogP contribution in [0, 0.1) is 5.92 Å². The highest BCUT2D eigenvalue weighted by Crippen LogP contribution is 2.25. The van der Waals surface area contributed by atoms with Gasteiger partial charge in [-0.3, -0.25) is 0 Å². The number of hydrogen-bond acceptors (Lipinski definition) is 2. The van der Waals surface area contributed by atoms with Crippen molar-refractivity contribution in [1.82, 2.24) is 5.32 Å². The molecule has 1 rings (SSSR count). The zero-order chi connectivity index (χ0) is 14.6. The Morgan fingerprint density at radius 3 is 2.42 bits per heavy atom. The first-order valence-electron chi connectivity index (χ1n) is 5.56. The molecule has 19 heavy (non-hydrogen) atoms. The normalized spacial score (nSPS) is 12.1. The fraction of sp³-hybridized carbons (Fsp3) is 0.333. The highest BCUT2D eigenvalue weighted by Gasteiger charge is 2.23. The molecular weight excluding hydrogens is 291 g/mol. The maximum Gasteiger partial charge on any atom is 0.326 e. The minimum Gasteiger partial charge on any atom is -0.480 e. The first-order valence-corrected chi connectivity index (χ1v) is 6.32. The Labute approximate surface area is 120 Å². The molecule has 5 nitrogen and oxygen atoms in total. The Balaban J connectivity index is 2.74. The number of benzene rings is 1. The molecule has 1 aromatic rings. The molecule has 0 fully saturated rings. The summed E-state index contributed by atoms with van der Waals surface area (Å²) in [5, 5.41) is 14.5. The predicted octanol–water partition coefficient (Wildman–Crippen LogP) is 3.22. The number of halogens is 2. The predicted molar refractivity (Wildman–Crippen MR) is 74.9 cm³/mol. The zero-order valence-corrected chi connectivity index (χ0v) is 11.9. The standard InChI is InChI=1S/C12H14Cl2N2O3/c1-6(2)10(11(17)18)16-12(19)15-9-5-7(13)3-4-8(9)14/h3-6,10H,1-2H3,(H,17,18)(H2,15,16,19)/t10-/m0/s1. The molecule has 0 aromatic heterocycles. The van der Waals surface area contributed by atoms with Gasteiger partial charge in [0.25, 0.3) is 0 Å². The third-order valence-corrected chi connectivity index (χ3v) is 2.96. The van der Waals surface area contributed by atoms with Crippen LogP contribution in [0.2, 0.25) is 10.0 Å². The Hall–Kier alpha value is -1.46. The van der Waals surface area contributed by atoms with Gasteiger partial charge in [-0.2, -0.15) is 0 Å². The highest BCUT2D eigenvalue weighted by molar-refractivity contribution is 6.35. The van der Waals surface area contributed by atoms with E-state index >= 15 is 0 Å². The molecule has 0 aliphatic heterocycles. The van der Waals surface area contributed by atoms with Crippen LogP contribution in [0.3, 0.4) is 0 Å². The van der Waals surface area contributed by atoms with E-state index in [1.807, 2.05) is 0 Å². The lowest BCUT2D eigenvalue weighted by atomic mass is 10.1. The Morgan fingerprint density at radius 2 is 1.89 bits per heavy atom. The summed E-state index contributed by atoms with van der Waals surface area (Å²) in [4.78, 5) is 22.7. The number of carbonyl (C=O) groups is 2. The lowest BCUT2D eigenvalue weighted by Gasteiger charge is -2.18. The second kappa shape index (κ2) is 6.63. The summed E-state index contributed by atoms with van der Waals surface area (Å²) < 4.78 is 0. The number of rotatable bonds is 4. The molecule has 0 saturated carbocycles. The van der Waals surface area contributed by atoms with Crippen molar-refractivity contribution in [3.63, 3.8) is 0 Å². The van der Waals surface area contributed by atoms with Crippen LogP contribution in [0.5, 0.6) is 0 Å². The van der Waals surface area contributed by atoms with Crippen LogP contribution in [-0.4, -0.2) is 23.1 Å². The van der Waals surface area contributed by atoms with E-state index in [0.717, 1.165) is 0 Å². The summed E-state index contributed by atoms with van der Waals surface area (Å²) in [6.07, 6.45) is 0. The Bertz CT molecular complexity index is 492. The molecule has 2 amide bonds. The lowest BCUT2D eigenvalue weighted by molar-refractivity contribution is -0.140. The molecule has 3 N–H and O–H groups in total. The van der Waals surface area contributed by atoms with Gasteiger partial charge in [-0.25, -0.2) is 9.59 Å². The molecule has 0 bridgehead atoms. The highest BCUT2D eigenvalue weighted by atomic mass is 35.5. The molecule has 0 heterocycles. The van der Waals surface area contributed by atoms with Gasteiger partial charge in [-0.1, -0.05) is 37.0 Å². The summed E-state index contributed by atoms with van der Waals surface area (Å²) in [5.41, 5.74) is 0.319. The third kappa shape index (κ3) is 4.61. The summed E-state index contributed by atoms with van der Waals surface area (Å²) in [7, 11) is 0. The van der Waals surface area contributed by atoms with Gasteiger partial charge in [0.2, 0.25) is 0 Å². The van der Waals surface area contributed by atoms with Crippen molar-refractivity contribution in [2.75, 3.05) is 5.32 Å². The number of anilines is 1.